The number of guanidine groups is 1. The molecule has 0 aliphatic carbocycles. The lowest BCUT2D eigenvalue weighted by atomic mass is 9.85. The molecule has 2 heterocycles. The summed E-state index contributed by atoms with van der Waals surface area (Å²) in [5, 5.41) is 21.7. The quantitative estimate of drug-likeness (QED) is 0.0189. The molecular weight excluding hydrogens is 1300 g/mol. The number of nitrogens with two attached hydrogens (primary N) is 7. The summed E-state index contributed by atoms with van der Waals surface area (Å²) in [5.41, 5.74) is 39.8. The minimum atomic E-state index is -1.66. The van der Waals surface area contributed by atoms with Crippen LogP contribution in [0.4, 0.5) is 0 Å². The van der Waals surface area contributed by atoms with Gasteiger partial charge in [-0.2, -0.15) is 11.8 Å². The monoisotopic (exact) mass is 1400 g/mol. The standard InChI is InChI=1S/C67H106N18O13S/c1-39(2)36-47(58(91)76-43(55(72)88)30-35-99-6)82-63(96)54(67(3,4)5)83-60(93)49(38-41-20-11-8-12-21-41)81-59(92)48(37-40-18-9-7-10-19-40)80-57(90)44(26-28-52(70)86)77-56(89)45(27-29-53(71)87)78-61(94)51-25-17-34-85(51)65(98)46(23-13-14-31-68)79-62(95)50-24-16-33-84(50)64(97)42(69)22-15-32-75-66(73)74/h7-12,18-21,39,42-51,54H,13-17,22-38,68-69H2,1-6H3,(H2,70,86)(H2,71,87)(H2,72,88)(H,76,91)(H,77,89)(H,78,94)(H,79,95)(H,80,90)(H,81,92)(H,82,96)(H,83,93)(H4,73,74,75)/t42-,43-,44-,45-,46-,47-,48-,49-,50-,51-,54+/m0/s1. The van der Waals surface area contributed by atoms with Gasteiger partial charge in [0.25, 0.3) is 0 Å². The average molecular weight is 1400 g/mol. The summed E-state index contributed by atoms with van der Waals surface area (Å²) in [6.07, 6.45) is 3.04. The molecule has 2 saturated heterocycles. The Morgan fingerprint density at radius 3 is 1.43 bits per heavy atom. The number of benzene rings is 2. The van der Waals surface area contributed by atoms with E-state index in [-0.39, 0.29) is 83.0 Å². The maximum Gasteiger partial charge on any atom is 0.245 e. The molecule has 4 rings (SSSR count). The van der Waals surface area contributed by atoms with E-state index in [1.807, 2.05) is 20.1 Å². The molecule has 13 amide bonds. The predicted molar refractivity (Wildman–Crippen MR) is 374 cm³/mol. The van der Waals surface area contributed by atoms with E-state index in [4.69, 9.17) is 40.1 Å². The first kappa shape index (κ1) is 82.5. The summed E-state index contributed by atoms with van der Waals surface area (Å²) in [6.45, 7) is 9.61. The van der Waals surface area contributed by atoms with Crippen molar-refractivity contribution in [1.82, 2.24) is 52.3 Å². The zero-order valence-corrected chi connectivity index (χ0v) is 58.7. The minimum Gasteiger partial charge on any atom is -0.370 e. The van der Waals surface area contributed by atoms with Crippen molar-refractivity contribution in [2.45, 2.75) is 210 Å². The summed E-state index contributed by atoms with van der Waals surface area (Å²) in [7, 11) is 0. The van der Waals surface area contributed by atoms with Gasteiger partial charge in [0.15, 0.2) is 5.96 Å². The van der Waals surface area contributed by atoms with Gasteiger partial charge in [-0.25, -0.2) is 0 Å². The van der Waals surface area contributed by atoms with E-state index in [1.54, 1.807) is 81.4 Å². The first-order valence-corrected chi connectivity index (χ1v) is 35.2. The zero-order valence-electron chi connectivity index (χ0n) is 57.9. The number of carbonyl (C=O) groups excluding carboxylic acids is 13. The molecule has 99 heavy (non-hydrogen) atoms. The summed E-state index contributed by atoms with van der Waals surface area (Å²) in [6, 6.07) is 3.12. The van der Waals surface area contributed by atoms with Crippen molar-refractivity contribution in [1.29, 1.82) is 0 Å². The topological polar surface area (TPSA) is 519 Å². The highest BCUT2D eigenvalue weighted by Crippen LogP contribution is 2.25. The number of rotatable bonds is 42. The van der Waals surface area contributed by atoms with E-state index in [1.165, 1.54) is 21.6 Å². The van der Waals surface area contributed by atoms with Crippen LogP contribution in [0.3, 0.4) is 0 Å². The highest BCUT2D eigenvalue weighted by atomic mass is 32.2. The Morgan fingerprint density at radius 1 is 0.525 bits per heavy atom. The molecule has 2 fully saturated rings. The molecule has 0 radical (unpaired) electrons. The van der Waals surface area contributed by atoms with Gasteiger partial charge in [-0.15, -0.1) is 0 Å². The SMILES string of the molecule is CSCC[C@H](NC(=O)[C@H](CC(C)C)NC(=O)[C@@H](NC(=O)[C@H](Cc1ccccc1)NC(=O)[C@H](Cc1ccccc1)NC(=O)[C@H](CCC(N)=O)NC(=O)[C@H](CCC(N)=O)NC(=O)[C@@H]1CCCN1C(=O)[C@H](CCCCN)NC(=O)[C@@H]1CCCN1C(=O)[C@@H](N)CCCN=C(N)N)C(C)(C)C)C(N)=O. The van der Waals surface area contributed by atoms with Crippen LogP contribution in [-0.2, 0) is 75.2 Å². The van der Waals surface area contributed by atoms with Gasteiger partial charge in [0, 0.05) is 45.3 Å². The Bertz CT molecular complexity index is 3100. The number of aliphatic imine (C=N–C) groups is 1. The Balaban J connectivity index is 1.62. The largest absolute Gasteiger partial charge is 0.370 e. The van der Waals surface area contributed by atoms with Crippen LogP contribution in [0.25, 0.3) is 0 Å². The van der Waals surface area contributed by atoms with Gasteiger partial charge in [-0.1, -0.05) is 95.3 Å². The molecule has 31 nitrogen and oxygen atoms in total. The fraction of sp³-hybridized carbons (Fsp3) is 0.612. The fourth-order valence-corrected chi connectivity index (χ4v) is 12.1. The molecule has 0 unspecified atom stereocenters. The smallest absolute Gasteiger partial charge is 0.245 e. The van der Waals surface area contributed by atoms with Gasteiger partial charge in [-0.05, 0) is 124 Å². The molecule has 11 atom stereocenters. The van der Waals surface area contributed by atoms with Gasteiger partial charge in [0.2, 0.25) is 76.8 Å². The summed E-state index contributed by atoms with van der Waals surface area (Å²) in [4.78, 5) is 188. The van der Waals surface area contributed by atoms with Gasteiger partial charge >= 0.3 is 0 Å². The van der Waals surface area contributed by atoms with Gasteiger partial charge < -0.3 is 92.5 Å². The minimum absolute atomic E-state index is 0.0711. The molecule has 0 spiro atoms. The highest BCUT2D eigenvalue weighted by Gasteiger charge is 2.43. The first-order chi connectivity index (χ1) is 46.8. The van der Waals surface area contributed by atoms with Crippen LogP contribution in [0.1, 0.15) is 142 Å². The number of amides is 13. The number of hydrogen-bond acceptors (Lipinski definition) is 17. The molecule has 0 aromatic heterocycles. The van der Waals surface area contributed by atoms with Crippen LogP contribution in [-0.4, -0.2) is 197 Å². The number of hydrogen-bond donors (Lipinski definition) is 15. The van der Waals surface area contributed by atoms with Crippen molar-refractivity contribution in [3.63, 3.8) is 0 Å². The van der Waals surface area contributed by atoms with Gasteiger partial charge in [-0.3, -0.25) is 67.3 Å². The van der Waals surface area contributed by atoms with Gasteiger partial charge in [0.1, 0.15) is 60.4 Å². The third kappa shape index (κ3) is 28.1. The van der Waals surface area contributed by atoms with Gasteiger partial charge in [0.05, 0.1) is 6.04 Å². The molecule has 22 N–H and O–H groups in total. The van der Waals surface area contributed by atoms with E-state index < -0.39 is 174 Å². The number of carbonyl (C=O) groups is 13. The highest BCUT2D eigenvalue weighted by molar-refractivity contribution is 7.98. The molecule has 0 saturated carbocycles. The maximum absolute atomic E-state index is 15.0. The van der Waals surface area contributed by atoms with E-state index in [0.29, 0.717) is 55.4 Å². The lowest BCUT2D eigenvalue weighted by Crippen LogP contribution is -2.62. The van der Waals surface area contributed by atoms with Crippen molar-refractivity contribution >= 4 is 94.5 Å². The van der Waals surface area contributed by atoms with Crippen LogP contribution >= 0.6 is 11.8 Å². The zero-order chi connectivity index (χ0) is 73.5. The molecule has 2 aromatic carbocycles. The lowest BCUT2D eigenvalue weighted by Gasteiger charge is -2.34. The van der Waals surface area contributed by atoms with E-state index in [2.05, 4.69) is 47.5 Å². The van der Waals surface area contributed by atoms with E-state index >= 15 is 0 Å². The number of nitrogens with zero attached hydrogens (tertiary/aromatic N) is 3. The molecule has 2 aliphatic heterocycles. The second kappa shape index (κ2) is 41.5. The first-order valence-electron chi connectivity index (χ1n) is 33.8. The summed E-state index contributed by atoms with van der Waals surface area (Å²) >= 11 is 1.46. The normalized spacial score (nSPS) is 17.1. The maximum atomic E-state index is 15.0. The number of unbranched alkanes of at least 4 members (excludes halogenated alkanes) is 1. The van der Waals surface area contributed by atoms with Crippen molar-refractivity contribution in [3.8, 4) is 0 Å². The number of likely N-dealkylation sites (tertiary alicyclic amines) is 2. The van der Waals surface area contributed by atoms with Crippen LogP contribution in [0.2, 0.25) is 0 Å². The molecule has 32 heteroatoms. The van der Waals surface area contributed by atoms with E-state index in [0.717, 1.165) is 0 Å². The molecule has 548 valence electrons. The van der Waals surface area contributed by atoms with E-state index in [9.17, 15) is 62.3 Å². The summed E-state index contributed by atoms with van der Waals surface area (Å²) < 4.78 is 0. The lowest BCUT2D eigenvalue weighted by molar-refractivity contribution is -0.144. The molecule has 2 aromatic rings. The second-order valence-electron chi connectivity index (χ2n) is 26.7. The average Bonchev–Trinajstić information content (AvgIpc) is 1.78. The van der Waals surface area contributed by atoms with Crippen molar-refractivity contribution in [2.24, 2.45) is 56.5 Å². The summed E-state index contributed by atoms with van der Waals surface area (Å²) in [5.74, 6) is -9.82. The molecule has 2 aliphatic rings. The second-order valence-corrected chi connectivity index (χ2v) is 27.6. The fourth-order valence-electron chi connectivity index (χ4n) is 11.7. The molecular formula is C67H106N18O13S. The van der Waals surface area contributed by atoms with Crippen LogP contribution in [0.15, 0.2) is 65.7 Å². The van der Waals surface area contributed by atoms with Crippen LogP contribution in [0.5, 0.6) is 0 Å². The predicted octanol–water partition coefficient (Wildman–Crippen LogP) is -2.30. The third-order valence-electron chi connectivity index (χ3n) is 17.0. The number of nitrogens with one attached hydrogen (secondary N) is 8. The number of primary amides is 3. The van der Waals surface area contributed by atoms with Crippen molar-refractivity contribution < 1.29 is 62.3 Å². The number of thioether (sulfide) groups is 1. The Hall–Kier alpha value is -8.91. The Labute approximate surface area is 583 Å². The molecule has 0 bridgehead atoms. The Morgan fingerprint density at radius 2 is 0.970 bits per heavy atom. The van der Waals surface area contributed by atoms with Crippen molar-refractivity contribution in [3.05, 3.63) is 71.8 Å². The van der Waals surface area contributed by atoms with Crippen LogP contribution < -0.4 is 82.7 Å². The third-order valence-corrected chi connectivity index (χ3v) is 17.6. The van der Waals surface area contributed by atoms with Crippen LogP contribution in [0, 0.1) is 11.3 Å². The van der Waals surface area contributed by atoms with Crippen molar-refractivity contribution in [2.75, 3.05) is 38.2 Å². The Kier molecular flexibility index (Phi) is 34.6.